The van der Waals surface area contributed by atoms with Crippen molar-refractivity contribution >= 4 is 31.3 Å². The number of benzene rings is 1. The summed E-state index contributed by atoms with van der Waals surface area (Å²) in [5.74, 6) is -0.735. The summed E-state index contributed by atoms with van der Waals surface area (Å²) in [7, 11) is 2.80. The van der Waals surface area contributed by atoms with Gasteiger partial charge in [-0.05, 0) is 6.07 Å². The Morgan fingerprint density at radius 2 is 2.11 bits per heavy atom. The van der Waals surface area contributed by atoms with Crippen molar-refractivity contribution in [1.29, 1.82) is 0 Å². The lowest BCUT2D eigenvalue weighted by atomic mass is 10.2. The van der Waals surface area contributed by atoms with Crippen LogP contribution < -0.4 is 9.64 Å². The summed E-state index contributed by atoms with van der Waals surface area (Å²) in [6.45, 7) is -0.0860. The Kier molecular flexibility index (Phi) is 3.69. The molecule has 1 saturated heterocycles. The molecule has 1 aliphatic heterocycles. The lowest BCUT2D eigenvalue weighted by Crippen LogP contribution is -2.26. The summed E-state index contributed by atoms with van der Waals surface area (Å²) < 4.78 is 40.7. The second-order valence-corrected chi connectivity index (χ2v) is 7.06. The first-order valence-electron chi connectivity index (χ1n) is 5.39. The molecule has 0 spiro atoms. The molecule has 0 bridgehead atoms. The Labute approximate surface area is 114 Å². The number of ether oxygens (including phenoxy) is 1. The average Bonchev–Trinajstić information content (AvgIpc) is 2.70. The van der Waals surface area contributed by atoms with Crippen molar-refractivity contribution in [2.45, 2.75) is 11.7 Å². The summed E-state index contributed by atoms with van der Waals surface area (Å²) in [6, 6.07) is 3.77. The van der Waals surface area contributed by atoms with Crippen molar-refractivity contribution in [3.63, 3.8) is 0 Å². The lowest BCUT2D eigenvalue weighted by Gasteiger charge is -2.17. The standard InChI is InChI=1S/C11H11ClFNO4S/c1-18-9-3-7(13)2-8(4-9)14-6-10(5-11(14)15)19(12,16)17/h2-4,10H,5-6H2,1H3. The van der Waals surface area contributed by atoms with Crippen LogP contribution in [0.5, 0.6) is 5.75 Å². The molecule has 1 unspecified atom stereocenters. The predicted molar refractivity (Wildman–Crippen MR) is 68.5 cm³/mol. The van der Waals surface area contributed by atoms with Gasteiger partial charge in [-0.15, -0.1) is 0 Å². The summed E-state index contributed by atoms with van der Waals surface area (Å²) in [5, 5.41) is -0.976. The van der Waals surface area contributed by atoms with Gasteiger partial charge in [-0.25, -0.2) is 12.8 Å². The zero-order valence-electron chi connectivity index (χ0n) is 9.97. The summed E-state index contributed by atoms with van der Waals surface area (Å²) >= 11 is 0. The molecule has 0 saturated carbocycles. The number of amides is 1. The first-order chi connectivity index (χ1) is 8.81. The number of halogens is 2. The number of rotatable bonds is 3. The maximum absolute atomic E-state index is 13.4. The molecule has 0 radical (unpaired) electrons. The third-order valence-corrected chi connectivity index (χ3v) is 4.76. The van der Waals surface area contributed by atoms with Gasteiger partial charge in [0.05, 0.1) is 12.8 Å². The van der Waals surface area contributed by atoms with Crippen LogP contribution in [0.1, 0.15) is 6.42 Å². The monoisotopic (exact) mass is 307 g/mol. The minimum absolute atomic E-state index is 0.0860. The van der Waals surface area contributed by atoms with E-state index in [0.717, 1.165) is 6.07 Å². The van der Waals surface area contributed by atoms with E-state index in [-0.39, 0.29) is 24.4 Å². The van der Waals surface area contributed by atoms with E-state index < -0.39 is 26.0 Å². The molecule has 1 aromatic carbocycles. The molecule has 1 aliphatic rings. The normalized spacial score (nSPS) is 19.8. The maximum atomic E-state index is 13.4. The molecular formula is C11H11ClFNO4S. The van der Waals surface area contributed by atoms with E-state index in [4.69, 9.17) is 15.4 Å². The molecule has 1 atom stereocenters. The smallest absolute Gasteiger partial charge is 0.237 e. The highest BCUT2D eigenvalue weighted by molar-refractivity contribution is 8.14. The molecular weight excluding hydrogens is 297 g/mol. The molecule has 0 N–H and O–H groups in total. The van der Waals surface area contributed by atoms with Crippen molar-refractivity contribution in [1.82, 2.24) is 0 Å². The molecule has 104 valence electrons. The largest absolute Gasteiger partial charge is 0.497 e. The van der Waals surface area contributed by atoms with E-state index in [9.17, 15) is 17.6 Å². The minimum atomic E-state index is -3.82. The fourth-order valence-corrected chi connectivity index (χ4v) is 2.96. The second kappa shape index (κ2) is 4.97. The molecule has 8 heteroatoms. The van der Waals surface area contributed by atoms with Crippen LogP contribution in [0.3, 0.4) is 0 Å². The van der Waals surface area contributed by atoms with E-state index in [1.165, 1.54) is 24.1 Å². The number of nitrogens with zero attached hydrogens (tertiary/aromatic N) is 1. The average molecular weight is 308 g/mol. The Balaban J connectivity index is 2.33. The van der Waals surface area contributed by atoms with Crippen LogP contribution in [0, 0.1) is 5.82 Å². The van der Waals surface area contributed by atoms with E-state index in [1.807, 2.05) is 0 Å². The van der Waals surface area contributed by atoms with Gasteiger partial charge in [-0.2, -0.15) is 0 Å². The first kappa shape index (κ1) is 14.1. The fourth-order valence-electron chi connectivity index (χ4n) is 1.93. The Morgan fingerprint density at radius 3 is 2.63 bits per heavy atom. The summed E-state index contributed by atoms with van der Waals surface area (Å²) in [6.07, 6.45) is -0.204. The minimum Gasteiger partial charge on any atom is -0.497 e. The van der Waals surface area contributed by atoms with Crippen molar-refractivity contribution in [2.24, 2.45) is 0 Å². The van der Waals surface area contributed by atoms with Crippen LogP contribution in [0.25, 0.3) is 0 Å². The highest BCUT2D eigenvalue weighted by Gasteiger charge is 2.38. The number of carbonyl (C=O) groups is 1. The van der Waals surface area contributed by atoms with E-state index >= 15 is 0 Å². The van der Waals surface area contributed by atoms with Crippen molar-refractivity contribution in [3.05, 3.63) is 24.0 Å². The first-order valence-corrected chi connectivity index (χ1v) is 7.77. The Hall–Kier alpha value is -1.34. The van der Waals surface area contributed by atoms with E-state index in [0.29, 0.717) is 0 Å². The van der Waals surface area contributed by atoms with Gasteiger partial charge in [-0.1, -0.05) is 0 Å². The van der Waals surface area contributed by atoms with Gasteiger partial charge < -0.3 is 9.64 Å². The molecule has 0 aromatic heterocycles. The Bertz CT molecular complexity index is 619. The molecule has 1 heterocycles. The van der Waals surface area contributed by atoms with Crippen LogP contribution in [0.15, 0.2) is 18.2 Å². The van der Waals surface area contributed by atoms with Gasteiger partial charge in [0.2, 0.25) is 15.0 Å². The number of carbonyl (C=O) groups excluding carboxylic acids is 1. The van der Waals surface area contributed by atoms with E-state index in [2.05, 4.69) is 0 Å². The summed E-state index contributed by atoms with van der Waals surface area (Å²) in [5.41, 5.74) is 0.254. The SMILES string of the molecule is COc1cc(F)cc(N2CC(S(=O)(=O)Cl)CC2=O)c1. The van der Waals surface area contributed by atoms with Crippen molar-refractivity contribution in [3.8, 4) is 5.75 Å². The molecule has 2 rings (SSSR count). The predicted octanol–water partition coefficient (Wildman–Crippen LogP) is 1.51. The van der Waals surface area contributed by atoms with Crippen LogP contribution in [0.4, 0.5) is 10.1 Å². The van der Waals surface area contributed by atoms with Gasteiger partial charge in [0.1, 0.15) is 16.8 Å². The van der Waals surface area contributed by atoms with Crippen LogP contribution in [0.2, 0.25) is 0 Å². The zero-order valence-corrected chi connectivity index (χ0v) is 11.5. The number of hydrogen-bond donors (Lipinski definition) is 0. The summed E-state index contributed by atoms with van der Waals surface area (Å²) in [4.78, 5) is 13.0. The Morgan fingerprint density at radius 1 is 1.42 bits per heavy atom. The van der Waals surface area contributed by atoms with Crippen molar-refractivity contribution in [2.75, 3.05) is 18.6 Å². The molecule has 1 fully saturated rings. The van der Waals surface area contributed by atoms with Gasteiger partial charge in [0, 0.05) is 35.8 Å². The fraction of sp³-hybridized carbons (Fsp3) is 0.364. The molecule has 0 aliphatic carbocycles. The lowest BCUT2D eigenvalue weighted by molar-refractivity contribution is -0.117. The number of hydrogen-bond acceptors (Lipinski definition) is 4. The topological polar surface area (TPSA) is 63.7 Å². The number of anilines is 1. The third kappa shape index (κ3) is 2.98. The molecule has 19 heavy (non-hydrogen) atoms. The van der Waals surface area contributed by atoms with Gasteiger partial charge in [-0.3, -0.25) is 4.79 Å². The second-order valence-electron chi connectivity index (χ2n) is 4.16. The van der Waals surface area contributed by atoms with Gasteiger partial charge >= 0.3 is 0 Å². The van der Waals surface area contributed by atoms with Gasteiger partial charge in [0.25, 0.3) is 0 Å². The van der Waals surface area contributed by atoms with Crippen LogP contribution in [-0.4, -0.2) is 33.2 Å². The zero-order chi connectivity index (χ0) is 14.2. The molecule has 5 nitrogen and oxygen atoms in total. The number of methoxy groups -OCH3 is 1. The van der Waals surface area contributed by atoms with Crippen LogP contribution in [-0.2, 0) is 13.8 Å². The molecule has 1 aromatic rings. The van der Waals surface area contributed by atoms with Gasteiger partial charge in [0.15, 0.2) is 0 Å². The van der Waals surface area contributed by atoms with Crippen LogP contribution >= 0.6 is 10.7 Å². The molecule has 1 amide bonds. The maximum Gasteiger partial charge on any atom is 0.237 e. The quantitative estimate of drug-likeness (QED) is 0.794. The third-order valence-electron chi connectivity index (χ3n) is 2.89. The van der Waals surface area contributed by atoms with E-state index in [1.54, 1.807) is 0 Å². The van der Waals surface area contributed by atoms with Crippen molar-refractivity contribution < 1.29 is 22.3 Å². The highest BCUT2D eigenvalue weighted by Crippen LogP contribution is 2.29. The highest BCUT2D eigenvalue weighted by atomic mass is 35.7.